The van der Waals surface area contributed by atoms with Gasteiger partial charge in [-0.2, -0.15) is 0 Å². The Kier molecular flexibility index (Phi) is 6.30. The Labute approximate surface area is 162 Å². The molecule has 0 saturated carbocycles. The van der Waals surface area contributed by atoms with Crippen molar-refractivity contribution in [2.24, 2.45) is 0 Å². The summed E-state index contributed by atoms with van der Waals surface area (Å²) in [5.74, 6) is 0.208. The summed E-state index contributed by atoms with van der Waals surface area (Å²) in [6, 6.07) is 14.3. The van der Waals surface area contributed by atoms with Gasteiger partial charge in [0.05, 0.1) is 30.0 Å². The average Bonchev–Trinajstić information content (AvgIpc) is 2.75. The van der Waals surface area contributed by atoms with E-state index >= 15 is 0 Å². The van der Waals surface area contributed by atoms with Crippen LogP contribution in [0.3, 0.4) is 0 Å². The van der Waals surface area contributed by atoms with Gasteiger partial charge in [0.2, 0.25) is 5.91 Å². The van der Waals surface area contributed by atoms with Gasteiger partial charge < -0.3 is 15.4 Å². The number of benzene rings is 2. The second-order valence-corrected chi connectivity index (χ2v) is 5.89. The number of rotatable bonds is 7. The van der Waals surface area contributed by atoms with Gasteiger partial charge in [-0.05, 0) is 42.5 Å². The van der Waals surface area contributed by atoms with Crippen LogP contribution >= 0.6 is 0 Å². The third kappa shape index (κ3) is 5.14. The fraction of sp³-hybridized carbons (Fsp3) is 0.143. The number of amides is 2. The maximum atomic E-state index is 12.0. The van der Waals surface area contributed by atoms with Crippen LogP contribution in [0, 0.1) is 0 Å². The van der Waals surface area contributed by atoms with Gasteiger partial charge >= 0.3 is 0 Å². The maximum absolute atomic E-state index is 12.0. The minimum atomic E-state index is -0.270. The molecular formula is C21H20N4O3. The third-order valence-corrected chi connectivity index (χ3v) is 3.93. The van der Waals surface area contributed by atoms with E-state index < -0.39 is 0 Å². The van der Waals surface area contributed by atoms with Crippen LogP contribution in [0.1, 0.15) is 16.1 Å². The predicted molar refractivity (Wildman–Crippen MR) is 107 cm³/mol. The van der Waals surface area contributed by atoms with Gasteiger partial charge in [0, 0.05) is 24.7 Å². The van der Waals surface area contributed by atoms with Crippen LogP contribution in [-0.2, 0) is 4.79 Å². The van der Waals surface area contributed by atoms with Crippen molar-refractivity contribution in [3.8, 4) is 5.75 Å². The number of para-hydroxylation sites is 2. The van der Waals surface area contributed by atoms with E-state index in [4.69, 9.17) is 4.74 Å². The Morgan fingerprint density at radius 3 is 2.46 bits per heavy atom. The molecular weight excluding hydrogens is 356 g/mol. The second-order valence-electron chi connectivity index (χ2n) is 5.89. The minimum Gasteiger partial charge on any atom is -0.497 e. The summed E-state index contributed by atoms with van der Waals surface area (Å²) >= 11 is 0. The number of hydrogen-bond donors (Lipinski definition) is 2. The van der Waals surface area contributed by atoms with Gasteiger partial charge in [-0.1, -0.05) is 12.1 Å². The molecule has 142 valence electrons. The van der Waals surface area contributed by atoms with Crippen molar-refractivity contribution in [3.05, 3.63) is 72.1 Å². The van der Waals surface area contributed by atoms with E-state index in [9.17, 15) is 9.59 Å². The summed E-state index contributed by atoms with van der Waals surface area (Å²) in [6.45, 7) is 0.634. The highest BCUT2D eigenvalue weighted by Gasteiger charge is 2.05. The highest BCUT2D eigenvalue weighted by atomic mass is 16.5. The third-order valence-electron chi connectivity index (χ3n) is 3.93. The molecule has 3 rings (SSSR count). The van der Waals surface area contributed by atoms with Crippen LogP contribution in [0.2, 0.25) is 0 Å². The van der Waals surface area contributed by atoms with Gasteiger partial charge in [-0.15, -0.1) is 0 Å². The smallest absolute Gasteiger partial charge is 0.251 e. The molecule has 7 heteroatoms. The number of methoxy groups -OCH3 is 1. The Hall–Kier alpha value is -3.74. The number of nitrogens with one attached hydrogen (secondary N) is 2. The maximum Gasteiger partial charge on any atom is 0.251 e. The molecule has 0 unspecified atom stereocenters. The van der Waals surface area contributed by atoms with Crippen molar-refractivity contribution in [3.63, 3.8) is 0 Å². The number of fused-ring (bicyclic) bond motifs is 1. The molecule has 2 aromatic carbocycles. The van der Waals surface area contributed by atoms with E-state index in [1.165, 1.54) is 6.08 Å². The number of carbonyl (C=O) groups is 2. The average molecular weight is 376 g/mol. The minimum absolute atomic E-state index is 0.209. The van der Waals surface area contributed by atoms with Gasteiger partial charge in [-0.3, -0.25) is 14.6 Å². The molecule has 2 N–H and O–H groups in total. The van der Waals surface area contributed by atoms with Crippen LogP contribution in [0.25, 0.3) is 17.1 Å². The molecule has 0 aliphatic rings. The van der Waals surface area contributed by atoms with E-state index in [-0.39, 0.29) is 11.8 Å². The topological polar surface area (TPSA) is 93.2 Å². The molecule has 0 atom stereocenters. The summed E-state index contributed by atoms with van der Waals surface area (Å²) in [4.78, 5) is 32.6. The Balaban J connectivity index is 1.43. The SMILES string of the molecule is COc1ccc(C(=O)NCCNC(=O)C=Cc2cnc3ccccc3n2)cc1. The Morgan fingerprint density at radius 2 is 1.71 bits per heavy atom. The van der Waals surface area contributed by atoms with Gasteiger partial charge in [0.15, 0.2) is 0 Å². The largest absolute Gasteiger partial charge is 0.497 e. The zero-order chi connectivity index (χ0) is 19.8. The van der Waals surface area contributed by atoms with E-state index in [0.717, 1.165) is 11.0 Å². The second kappa shape index (κ2) is 9.27. The number of hydrogen-bond acceptors (Lipinski definition) is 5. The predicted octanol–water partition coefficient (Wildman–Crippen LogP) is 2.20. The van der Waals surface area contributed by atoms with Gasteiger partial charge in [-0.25, -0.2) is 4.98 Å². The lowest BCUT2D eigenvalue weighted by atomic mass is 10.2. The van der Waals surface area contributed by atoms with Crippen molar-refractivity contribution >= 4 is 28.9 Å². The van der Waals surface area contributed by atoms with E-state index in [0.29, 0.717) is 30.1 Å². The molecule has 1 heterocycles. The Morgan fingerprint density at radius 1 is 1.00 bits per heavy atom. The summed E-state index contributed by atoms with van der Waals surface area (Å²) in [5, 5.41) is 5.45. The first kappa shape index (κ1) is 19.0. The Bertz CT molecular complexity index is 1000. The molecule has 0 bridgehead atoms. The fourth-order valence-corrected chi connectivity index (χ4v) is 2.48. The monoisotopic (exact) mass is 376 g/mol. The lowest BCUT2D eigenvalue weighted by Gasteiger charge is -2.06. The number of ether oxygens (including phenoxy) is 1. The molecule has 7 nitrogen and oxygen atoms in total. The van der Waals surface area contributed by atoms with E-state index in [2.05, 4.69) is 20.6 Å². The standard InChI is InChI=1S/C21H20N4O3/c1-28-17-9-6-15(7-10-17)21(27)23-13-12-22-20(26)11-8-16-14-24-18-4-2-3-5-19(18)25-16/h2-11,14H,12-13H2,1H3,(H,22,26)(H,23,27). The summed E-state index contributed by atoms with van der Waals surface area (Å²) in [5.41, 5.74) is 2.70. The van der Waals surface area contributed by atoms with Crippen LogP contribution in [0.5, 0.6) is 5.75 Å². The van der Waals surface area contributed by atoms with E-state index in [1.54, 1.807) is 43.6 Å². The quantitative estimate of drug-likeness (QED) is 0.487. The van der Waals surface area contributed by atoms with Crippen LogP contribution < -0.4 is 15.4 Å². The molecule has 0 aliphatic carbocycles. The zero-order valence-electron chi connectivity index (χ0n) is 15.4. The summed E-state index contributed by atoms with van der Waals surface area (Å²) in [7, 11) is 1.57. The molecule has 0 spiro atoms. The highest BCUT2D eigenvalue weighted by molar-refractivity contribution is 5.94. The molecule has 3 aromatic rings. The molecule has 0 radical (unpaired) electrons. The first-order valence-corrected chi connectivity index (χ1v) is 8.75. The molecule has 0 aliphatic heterocycles. The van der Waals surface area contributed by atoms with Crippen molar-refractivity contribution in [2.45, 2.75) is 0 Å². The molecule has 0 saturated heterocycles. The van der Waals surface area contributed by atoms with Crippen LogP contribution in [-0.4, -0.2) is 42.0 Å². The van der Waals surface area contributed by atoms with Crippen molar-refractivity contribution in [2.75, 3.05) is 20.2 Å². The molecule has 28 heavy (non-hydrogen) atoms. The van der Waals surface area contributed by atoms with Crippen molar-refractivity contribution in [1.82, 2.24) is 20.6 Å². The zero-order valence-corrected chi connectivity index (χ0v) is 15.4. The first-order chi connectivity index (χ1) is 13.7. The number of carbonyl (C=O) groups excluding carboxylic acids is 2. The summed E-state index contributed by atoms with van der Waals surface area (Å²) < 4.78 is 5.06. The van der Waals surface area contributed by atoms with Crippen molar-refractivity contribution < 1.29 is 14.3 Å². The normalized spacial score (nSPS) is 10.8. The number of aromatic nitrogens is 2. The lowest BCUT2D eigenvalue weighted by Crippen LogP contribution is -2.33. The molecule has 2 amide bonds. The molecule has 0 fully saturated rings. The fourth-order valence-electron chi connectivity index (χ4n) is 2.48. The van der Waals surface area contributed by atoms with E-state index in [1.807, 2.05) is 24.3 Å². The van der Waals surface area contributed by atoms with Gasteiger partial charge in [0.1, 0.15) is 5.75 Å². The van der Waals surface area contributed by atoms with Crippen LogP contribution in [0.15, 0.2) is 60.8 Å². The summed E-state index contributed by atoms with van der Waals surface area (Å²) in [6.07, 6.45) is 4.61. The van der Waals surface area contributed by atoms with Gasteiger partial charge in [0.25, 0.3) is 5.91 Å². The molecule has 1 aromatic heterocycles. The lowest BCUT2D eigenvalue weighted by molar-refractivity contribution is -0.116. The number of nitrogens with zero attached hydrogens (tertiary/aromatic N) is 2. The highest BCUT2D eigenvalue weighted by Crippen LogP contribution is 2.11. The first-order valence-electron chi connectivity index (χ1n) is 8.75. The van der Waals surface area contributed by atoms with Crippen molar-refractivity contribution in [1.29, 1.82) is 0 Å². The van der Waals surface area contributed by atoms with Crippen LogP contribution in [0.4, 0.5) is 0 Å².